The number of aromatic amines is 2. The minimum atomic E-state index is -1.09. The summed E-state index contributed by atoms with van der Waals surface area (Å²) in [6.07, 6.45) is 0. The first-order chi connectivity index (χ1) is 10.3. The molecule has 1 atom stereocenters. The number of nitrogens with zero attached hydrogens (tertiary/aromatic N) is 1. The number of benzene rings is 1. The fourth-order valence-electron chi connectivity index (χ4n) is 1.88. The predicted molar refractivity (Wildman–Crippen MR) is 75.8 cm³/mol. The van der Waals surface area contributed by atoms with Gasteiger partial charge in [0.25, 0.3) is 5.69 Å². The number of nitro groups is 1. The van der Waals surface area contributed by atoms with Crippen LogP contribution in [0.2, 0.25) is 0 Å². The molecule has 0 bridgehead atoms. The van der Waals surface area contributed by atoms with Crippen molar-refractivity contribution < 1.29 is 14.8 Å². The van der Waals surface area contributed by atoms with Crippen LogP contribution in [0, 0.1) is 10.1 Å². The van der Waals surface area contributed by atoms with Crippen LogP contribution in [0.5, 0.6) is 0 Å². The second kappa shape index (κ2) is 5.77. The van der Waals surface area contributed by atoms with E-state index in [0.717, 1.165) is 6.07 Å². The lowest BCUT2D eigenvalue weighted by molar-refractivity contribution is -0.384. The lowest BCUT2D eigenvalue weighted by Gasteiger charge is -2.11. The van der Waals surface area contributed by atoms with Gasteiger partial charge in [-0.15, -0.1) is 0 Å². The van der Waals surface area contributed by atoms with Crippen molar-refractivity contribution in [2.75, 3.05) is 0 Å². The monoisotopic (exact) mass is 308 g/mol. The van der Waals surface area contributed by atoms with Crippen LogP contribution in [-0.2, 0) is 11.3 Å². The number of H-pyrrole nitrogens is 2. The molecule has 0 aliphatic heterocycles. The summed E-state index contributed by atoms with van der Waals surface area (Å²) in [5, 5.41) is 22.4. The van der Waals surface area contributed by atoms with Crippen molar-refractivity contribution in [1.82, 2.24) is 15.3 Å². The molecule has 22 heavy (non-hydrogen) atoms. The van der Waals surface area contributed by atoms with Gasteiger partial charge >= 0.3 is 17.1 Å². The van der Waals surface area contributed by atoms with E-state index >= 15 is 0 Å². The standard InChI is InChI=1S/C12H12N4O6/c1-5(12(19)20)13-4-6-2-7(16(21)22)3-8-9(6)15-11(18)10(17)14-8/h2-3,5,13H,4H2,1H3,(H,14,17)(H,15,18)(H,19,20)/t5-/m1/s1. The number of nitrogens with one attached hydrogen (secondary N) is 3. The Morgan fingerprint density at radius 1 is 1.36 bits per heavy atom. The largest absolute Gasteiger partial charge is 0.480 e. The molecule has 1 heterocycles. The van der Waals surface area contributed by atoms with Crippen molar-refractivity contribution in [1.29, 1.82) is 0 Å². The van der Waals surface area contributed by atoms with Crippen LogP contribution in [0.15, 0.2) is 21.7 Å². The van der Waals surface area contributed by atoms with Gasteiger partial charge in [-0.1, -0.05) is 0 Å². The maximum absolute atomic E-state index is 11.4. The molecular weight excluding hydrogens is 296 g/mol. The normalized spacial score (nSPS) is 12.2. The highest BCUT2D eigenvalue weighted by atomic mass is 16.6. The third-order valence-corrected chi connectivity index (χ3v) is 3.08. The zero-order valence-electron chi connectivity index (χ0n) is 11.4. The summed E-state index contributed by atoms with van der Waals surface area (Å²) in [6, 6.07) is 1.44. The number of nitro benzene ring substituents is 1. The summed E-state index contributed by atoms with van der Waals surface area (Å²) < 4.78 is 0. The lowest BCUT2D eigenvalue weighted by atomic mass is 10.1. The van der Waals surface area contributed by atoms with Crippen LogP contribution in [-0.4, -0.2) is 32.0 Å². The quantitative estimate of drug-likeness (QED) is 0.335. The number of carboxylic acids is 1. The van der Waals surface area contributed by atoms with Crippen molar-refractivity contribution in [2.24, 2.45) is 0 Å². The van der Waals surface area contributed by atoms with Crippen molar-refractivity contribution >= 4 is 22.7 Å². The molecule has 0 radical (unpaired) electrons. The molecule has 1 aromatic carbocycles. The Morgan fingerprint density at radius 3 is 2.59 bits per heavy atom. The van der Waals surface area contributed by atoms with Gasteiger partial charge in [0.1, 0.15) is 6.04 Å². The first-order valence-electron chi connectivity index (χ1n) is 6.19. The van der Waals surface area contributed by atoms with Gasteiger partial charge in [-0.25, -0.2) is 0 Å². The van der Waals surface area contributed by atoms with E-state index in [1.807, 2.05) is 0 Å². The zero-order chi connectivity index (χ0) is 16.4. The summed E-state index contributed by atoms with van der Waals surface area (Å²) in [4.78, 5) is 48.4. The Morgan fingerprint density at radius 2 is 2.00 bits per heavy atom. The van der Waals surface area contributed by atoms with E-state index in [2.05, 4.69) is 15.3 Å². The molecule has 0 saturated heterocycles. The number of non-ortho nitro benzene ring substituents is 1. The van der Waals surface area contributed by atoms with Crippen LogP contribution in [0.4, 0.5) is 5.69 Å². The molecule has 0 fully saturated rings. The minimum absolute atomic E-state index is 0.0341. The molecule has 0 aliphatic rings. The van der Waals surface area contributed by atoms with Crippen LogP contribution < -0.4 is 16.4 Å². The molecular formula is C12H12N4O6. The molecule has 116 valence electrons. The van der Waals surface area contributed by atoms with Gasteiger partial charge in [0.2, 0.25) is 0 Å². The molecule has 1 aromatic heterocycles. The molecule has 0 saturated carbocycles. The smallest absolute Gasteiger partial charge is 0.320 e. The molecule has 10 nitrogen and oxygen atoms in total. The van der Waals surface area contributed by atoms with Crippen LogP contribution in [0.1, 0.15) is 12.5 Å². The number of rotatable bonds is 5. The predicted octanol–water partition coefficient (Wildman–Crippen LogP) is -0.313. The summed E-state index contributed by atoms with van der Waals surface area (Å²) in [6.45, 7) is 1.38. The van der Waals surface area contributed by atoms with Gasteiger partial charge < -0.3 is 20.4 Å². The maximum atomic E-state index is 11.4. The van der Waals surface area contributed by atoms with E-state index in [1.165, 1.54) is 13.0 Å². The van der Waals surface area contributed by atoms with Gasteiger partial charge in [0.05, 0.1) is 16.0 Å². The summed E-state index contributed by atoms with van der Waals surface area (Å²) >= 11 is 0. The van der Waals surface area contributed by atoms with E-state index in [9.17, 15) is 24.5 Å². The van der Waals surface area contributed by atoms with Gasteiger partial charge in [0.15, 0.2) is 0 Å². The molecule has 4 N–H and O–H groups in total. The average Bonchev–Trinajstić information content (AvgIpc) is 2.45. The third-order valence-electron chi connectivity index (χ3n) is 3.08. The van der Waals surface area contributed by atoms with Crippen molar-refractivity contribution in [3.8, 4) is 0 Å². The number of aliphatic carboxylic acids is 1. The SMILES string of the molecule is C[C@@H](NCc1cc([N+](=O)[O-])cc2[nH]c(=O)c(=O)[nH]c12)C(=O)O. The molecule has 0 amide bonds. The van der Waals surface area contributed by atoms with Crippen LogP contribution in [0.3, 0.4) is 0 Å². The van der Waals surface area contributed by atoms with Crippen LogP contribution >= 0.6 is 0 Å². The summed E-state index contributed by atoms with van der Waals surface area (Å²) in [5.41, 5.74) is -1.50. The first kappa shape index (κ1) is 15.4. The lowest BCUT2D eigenvalue weighted by Crippen LogP contribution is -2.34. The Labute approximate surface area is 121 Å². The first-order valence-corrected chi connectivity index (χ1v) is 6.19. The van der Waals surface area contributed by atoms with Crippen molar-refractivity contribution in [2.45, 2.75) is 19.5 Å². The third kappa shape index (κ3) is 3.01. The van der Waals surface area contributed by atoms with Gasteiger partial charge in [-0.2, -0.15) is 0 Å². The topological polar surface area (TPSA) is 158 Å². The Kier molecular flexibility index (Phi) is 4.04. The van der Waals surface area contributed by atoms with Gasteiger partial charge in [-0.3, -0.25) is 24.5 Å². The number of fused-ring (bicyclic) bond motifs is 1. The van der Waals surface area contributed by atoms with Crippen LogP contribution in [0.25, 0.3) is 11.0 Å². The Hall–Kier alpha value is -3.01. The molecule has 10 heteroatoms. The Balaban J connectivity index is 2.56. The number of carbonyl (C=O) groups is 1. The minimum Gasteiger partial charge on any atom is -0.480 e. The van der Waals surface area contributed by atoms with Gasteiger partial charge in [0, 0.05) is 18.7 Å². The van der Waals surface area contributed by atoms with E-state index in [-0.39, 0.29) is 23.3 Å². The zero-order valence-corrected chi connectivity index (χ0v) is 11.4. The van der Waals surface area contributed by atoms with Gasteiger partial charge in [-0.05, 0) is 12.5 Å². The summed E-state index contributed by atoms with van der Waals surface area (Å²) in [7, 11) is 0. The molecule has 0 unspecified atom stereocenters. The van der Waals surface area contributed by atoms with Crippen molar-refractivity contribution in [3.05, 3.63) is 48.5 Å². The van der Waals surface area contributed by atoms with Crippen molar-refractivity contribution in [3.63, 3.8) is 0 Å². The van der Waals surface area contributed by atoms with E-state index in [1.54, 1.807) is 0 Å². The van der Waals surface area contributed by atoms with E-state index in [4.69, 9.17) is 5.11 Å². The second-order valence-electron chi connectivity index (χ2n) is 4.63. The molecule has 2 rings (SSSR count). The fourth-order valence-corrected chi connectivity index (χ4v) is 1.88. The number of carboxylic acid groups (broad SMARTS) is 1. The molecule has 0 spiro atoms. The number of hydrogen-bond acceptors (Lipinski definition) is 6. The highest BCUT2D eigenvalue weighted by Crippen LogP contribution is 2.21. The fraction of sp³-hybridized carbons (Fsp3) is 0.250. The summed E-state index contributed by atoms with van der Waals surface area (Å²) in [5.74, 6) is -1.09. The maximum Gasteiger partial charge on any atom is 0.320 e. The van der Waals surface area contributed by atoms with E-state index < -0.39 is 28.1 Å². The number of aromatic nitrogens is 2. The Bertz CT molecular complexity index is 868. The second-order valence-corrected chi connectivity index (χ2v) is 4.63. The highest BCUT2D eigenvalue weighted by Gasteiger charge is 2.16. The number of hydrogen-bond donors (Lipinski definition) is 4. The van der Waals surface area contributed by atoms with E-state index in [0.29, 0.717) is 5.56 Å². The molecule has 0 aliphatic carbocycles. The highest BCUT2D eigenvalue weighted by molar-refractivity contribution is 5.80. The molecule has 2 aromatic rings. The average molecular weight is 308 g/mol.